The summed E-state index contributed by atoms with van der Waals surface area (Å²) in [7, 11) is 1.61. The zero-order chi connectivity index (χ0) is 17.8. The van der Waals surface area contributed by atoms with Gasteiger partial charge in [-0.25, -0.2) is 0 Å². The topological polar surface area (TPSA) is 49.9 Å². The average molecular weight is 338 g/mol. The van der Waals surface area contributed by atoms with Crippen LogP contribution in [0.25, 0.3) is 0 Å². The van der Waals surface area contributed by atoms with Crippen molar-refractivity contribution in [2.24, 2.45) is 5.92 Å². The molecule has 0 fully saturated rings. The van der Waals surface area contributed by atoms with Gasteiger partial charge in [0.15, 0.2) is 0 Å². The van der Waals surface area contributed by atoms with Crippen molar-refractivity contribution in [1.82, 2.24) is 0 Å². The van der Waals surface area contributed by atoms with Crippen LogP contribution in [0.1, 0.15) is 17.3 Å². The van der Waals surface area contributed by atoms with Crippen molar-refractivity contribution in [2.45, 2.75) is 6.92 Å². The number of amides is 2. The van der Waals surface area contributed by atoms with E-state index in [4.69, 9.17) is 4.74 Å². The van der Waals surface area contributed by atoms with E-state index < -0.39 is 0 Å². The van der Waals surface area contributed by atoms with E-state index in [9.17, 15) is 9.59 Å². The van der Waals surface area contributed by atoms with Crippen molar-refractivity contribution in [3.05, 3.63) is 60.2 Å². The minimum Gasteiger partial charge on any atom is -0.383 e. The Labute approximate surface area is 147 Å². The Balaban J connectivity index is 2.04. The fraction of sp³-hybridized carbons (Fsp3) is 0.300. The summed E-state index contributed by atoms with van der Waals surface area (Å²) in [5, 5.41) is 0. The minimum absolute atomic E-state index is 0.00728. The van der Waals surface area contributed by atoms with E-state index in [1.165, 1.54) is 0 Å². The lowest BCUT2D eigenvalue weighted by Gasteiger charge is -2.25. The van der Waals surface area contributed by atoms with E-state index in [0.717, 1.165) is 11.4 Å². The lowest BCUT2D eigenvalue weighted by atomic mass is 10.1. The lowest BCUT2D eigenvalue weighted by Crippen LogP contribution is -2.39. The maximum atomic E-state index is 13.1. The minimum atomic E-state index is -0.295. The summed E-state index contributed by atoms with van der Waals surface area (Å²) in [6.45, 7) is 3.12. The summed E-state index contributed by atoms with van der Waals surface area (Å²) in [4.78, 5) is 29.3. The van der Waals surface area contributed by atoms with Gasteiger partial charge >= 0.3 is 0 Å². The highest BCUT2D eigenvalue weighted by Gasteiger charge is 2.33. The van der Waals surface area contributed by atoms with E-state index in [0.29, 0.717) is 25.3 Å². The molecule has 0 spiro atoms. The molecule has 1 heterocycles. The van der Waals surface area contributed by atoms with Crippen LogP contribution < -0.4 is 9.80 Å². The van der Waals surface area contributed by atoms with Gasteiger partial charge in [0.2, 0.25) is 5.91 Å². The number of nitrogens with zero attached hydrogens (tertiary/aromatic N) is 2. The number of para-hydroxylation sites is 2. The first-order valence-corrected chi connectivity index (χ1v) is 8.39. The fourth-order valence-corrected chi connectivity index (χ4v) is 3.10. The third-order valence-electron chi connectivity index (χ3n) is 4.39. The molecule has 2 aromatic rings. The van der Waals surface area contributed by atoms with Gasteiger partial charge in [-0.3, -0.25) is 9.59 Å². The van der Waals surface area contributed by atoms with Gasteiger partial charge in [0, 0.05) is 25.8 Å². The number of benzene rings is 2. The molecule has 25 heavy (non-hydrogen) atoms. The van der Waals surface area contributed by atoms with Crippen molar-refractivity contribution >= 4 is 23.2 Å². The molecule has 3 rings (SSSR count). The molecule has 1 aliphatic rings. The average Bonchev–Trinajstić information content (AvgIpc) is 2.76. The summed E-state index contributed by atoms with van der Waals surface area (Å²) in [5.41, 5.74) is 2.12. The maximum Gasteiger partial charge on any atom is 0.258 e. The smallest absolute Gasteiger partial charge is 0.258 e. The monoisotopic (exact) mass is 338 g/mol. The van der Waals surface area contributed by atoms with E-state index >= 15 is 0 Å². The van der Waals surface area contributed by atoms with E-state index in [-0.39, 0.29) is 17.7 Å². The Morgan fingerprint density at radius 1 is 1.08 bits per heavy atom. The second kappa shape index (κ2) is 7.49. The molecule has 2 amide bonds. The molecule has 0 aromatic heterocycles. The number of carbonyl (C=O) groups excluding carboxylic acids is 2. The quantitative estimate of drug-likeness (QED) is 0.861. The SMILES string of the molecule is COCCN1C(=O)[C@H](C)CN(C(=O)c2ccccc2)c2ccccc21. The van der Waals surface area contributed by atoms with Gasteiger partial charge in [-0.1, -0.05) is 37.3 Å². The van der Waals surface area contributed by atoms with Gasteiger partial charge in [0.05, 0.1) is 23.9 Å². The largest absolute Gasteiger partial charge is 0.383 e. The predicted octanol–water partition coefficient (Wildman–Crippen LogP) is 2.96. The molecule has 5 nitrogen and oxygen atoms in total. The van der Waals surface area contributed by atoms with Crippen molar-refractivity contribution in [1.29, 1.82) is 0 Å². The molecule has 0 radical (unpaired) electrons. The van der Waals surface area contributed by atoms with Crippen LogP contribution in [0.4, 0.5) is 11.4 Å². The highest BCUT2D eigenvalue weighted by molar-refractivity contribution is 6.11. The standard InChI is InChI=1S/C20H22N2O3/c1-15-14-22(20(24)16-8-4-3-5-9-16)18-11-7-6-10-17(18)21(19(15)23)12-13-25-2/h3-11,15H,12-14H2,1-2H3/t15-/m1/s1. The van der Waals surface area contributed by atoms with Crippen LogP contribution in [0, 0.1) is 5.92 Å². The molecule has 0 saturated carbocycles. The van der Waals surface area contributed by atoms with E-state index in [1.807, 2.05) is 49.4 Å². The molecule has 0 saturated heterocycles. The third-order valence-corrected chi connectivity index (χ3v) is 4.39. The van der Waals surface area contributed by atoms with Gasteiger partial charge in [0.25, 0.3) is 5.91 Å². The molecule has 130 valence electrons. The van der Waals surface area contributed by atoms with Crippen LogP contribution in [-0.2, 0) is 9.53 Å². The van der Waals surface area contributed by atoms with Crippen LogP contribution in [0.2, 0.25) is 0 Å². The zero-order valence-corrected chi connectivity index (χ0v) is 14.5. The zero-order valence-electron chi connectivity index (χ0n) is 14.5. The number of hydrogen-bond acceptors (Lipinski definition) is 3. The van der Waals surface area contributed by atoms with E-state index in [2.05, 4.69) is 0 Å². The number of anilines is 2. The first-order valence-electron chi connectivity index (χ1n) is 8.39. The second-order valence-electron chi connectivity index (χ2n) is 6.15. The van der Waals surface area contributed by atoms with Crippen LogP contribution in [0.15, 0.2) is 54.6 Å². The molecular weight excluding hydrogens is 316 g/mol. The molecule has 5 heteroatoms. The van der Waals surface area contributed by atoms with Gasteiger partial charge in [-0.05, 0) is 24.3 Å². The summed E-state index contributed by atoms with van der Waals surface area (Å²) in [5.74, 6) is -0.383. The van der Waals surface area contributed by atoms with E-state index in [1.54, 1.807) is 29.0 Å². The summed E-state index contributed by atoms with van der Waals surface area (Å²) in [6.07, 6.45) is 0. The highest BCUT2D eigenvalue weighted by Crippen LogP contribution is 2.34. The molecule has 0 N–H and O–H groups in total. The van der Waals surface area contributed by atoms with Crippen molar-refractivity contribution in [2.75, 3.05) is 36.6 Å². The Morgan fingerprint density at radius 3 is 2.40 bits per heavy atom. The summed E-state index contributed by atoms with van der Waals surface area (Å²) in [6, 6.07) is 16.7. The lowest BCUT2D eigenvalue weighted by molar-refractivity contribution is -0.121. The normalized spacial score (nSPS) is 17.2. The first-order chi connectivity index (χ1) is 12.1. The van der Waals surface area contributed by atoms with Crippen molar-refractivity contribution in [3.63, 3.8) is 0 Å². The molecule has 0 aliphatic carbocycles. The van der Waals surface area contributed by atoms with Gasteiger partial charge in [-0.15, -0.1) is 0 Å². The molecule has 1 aliphatic heterocycles. The van der Waals surface area contributed by atoms with Crippen LogP contribution in [0.5, 0.6) is 0 Å². The third kappa shape index (κ3) is 3.42. The number of rotatable bonds is 4. The second-order valence-corrected chi connectivity index (χ2v) is 6.15. The number of ether oxygens (including phenoxy) is 1. The Kier molecular flexibility index (Phi) is 5.14. The summed E-state index contributed by atoms with van der Waals surface area (Å²) < 4.78 is 5.15. The summed E-state index contributed by atoms with van der Waals surface area (Å²) >= 11 is 0. The molecule has 0 bridgehead atoms. The van der Waals surface area contributed by atoms with Crippen LogP contribution in [0.3, 0.4) is 0 Å². The van der Waals surface area contributed by atoms with Crippen molar-refractivity contribution < 1.29 is 14.3 Å². The van der Waals surface area contributed by atoms with Gasteiger partial charge in [-0.2, -0.15) is 0 Å². The Morgan fingerprint density at radius 2 is 1.72 bits per heavy atom. The van der Waals surface area contributed by atoms with Gasteiger partial charge in [0.1, 0.15) is 0 Å². The molecular formula is C20H22N2O3. The molecule has 1 atom stereocenters. The predicted molar refractivity (Wildman–Crippen MR) is 98.0 cm³/mol. The number of fused-ring (bicyclic) bond motifs is 1. The van der Waals surface area contributed by atoms with Gasteiger partial charge < -0.3 is 14.5 Å². The number of carbonyl (C=O) groups is 2. The maximum absolute atomic E-state index is 13.1. The Bertz CT molecular complexity index is 761. The number of hydrogen-bond donors (Lipinski definition) is 0. The first kappa shape index (κ1) is 17.2. The fourth-order valence-electron chi connectivity index (χ4n) is 3.10. The van der Waals surface area contributed by atoms with Crippen molar-refractivity contribution in [3.8, 4) is 0 Å². The molecule has 2 aromatic carbocycles. The Hall–Kier alpha value is -2.66. The highest BCUT2D eigenvalue weighted by atomic mass is 16.5. The van der Waals surface area contributed by atoms with Crippen LogP contribution >= 0.6 is 0 Å². The number of methoxy groups -OCH3 is 1. The molecule has 0 unspecified atom stereocenters. The van der Waals surface area contributed by atoms with Crippen LogP contribution in [-0.4, -0.2) is 38.6 Å².